The minimum Gasteiger partial charge on any atom is -0.478 e. The molecule has 0 bridgehead atoms. The number of benzene rings is 2. The van der Waals surface area contributed by atoms with Crippen LogP contribution < -0.4 is 0 Å². The molecule has 0 spiro atoms. The van der Waals surface area contributed by atoms with E-state index in [-0.39, 0.29) is 11.4 Å². The molecule has 0 amide bonds. The first-order valence-electron chi connectivity index (χ1n) is 10.9. The van der Waals surface area contributed by atoms with Gasteiger partial charge in [-0.05, 0) is 55.2 Å². The van der Waals surface area contributed by atoms with E-state index in [4.69, 9.17) is 0 Å². The number of rotatable bonds is 9. The number of pyridine rings is 1. The highest BCUT2D eigenvalue weighted by Crippen LogP contribution is 2.16. The van der Waals surface area contributed by atoms with E-state index in [1.54, 1.807) is 31.2 Å². The van der Waals surface area contributed by atoms with Crippen molar-refractivity contribution < 1.29 is 14.3 Å². The Morgan fingerprint density at radius 1 is 0.939 bits per heavy atom. The standard InChI is InChI=1S/C26H25FN4O2/c1-18-14-21(26(32)33)16-23(28-18)8-5-9-24-29-30-25(15-19-6-3-2-4-7-19)31(24)17-20-10-12-22(27)13-11-20/h2-4,6-7,10-14,16H,5,8-9,15,17H2,1H3,(H,32,33). The van der Waals surface area contributed by atoms with Crippen LogP contribution >= 0.6 is 0 Å². The van der Waals surface area contributed by atoms with E-state index in [0.717, 1.165) is 34.9 Å². The first kappa shape index (κ1) is 22.3. The van der Waals surface area contributed by atoms with Gasteiger partial charge in [-0.2, -0.15) is 0 Å². The Kier molecular flexibility index (Phi) is 6.88. The summed E-state index contributed by atoms with van der Waals surface area (Å²) in [4.78, 5) is 15.8. The number of aryl methyl sites for hydroxylation is 3. The third-order valence-electron chi connectivity index (χ3n) is 5.45. The number of carboxylic acids is 1. The summed E-state index contributed by atoms with van der Waals surface area (Å²) < 4.78 is 15.5. The molecular formula is C26H25FN4O2. The topological polar surface area (TPSA) is 80.9 Å². The van der Waals surface area contributed by atoms with E-state index in [9.17, 15) is 14.3 Å². The summed E-state index contributed by atoms with van der Waals surface area (Å²) in [6.45, 7) is 2.35. The van der Waals surface area contributed by atoms with Gasteiger partial charge in [-0.15, -0.1) is 10.2 Å². The van der Waals surface area contributed by atoms with Gasteiger partial charge in [-0.25, -0.2) is 9.18 Å². The van der Waals surface area contributed by atoms with Crippen LogP contribution in [0.2, 0.25) is 0 Å². The van der Waals surface area contributed by atoms with Crippen molar-refractivity contribution in [2.24, 2.45) is 0 Å². The molecular weight excluding hydrogens is 419 g/mol. The first-order valence-corrected chi connectivity index (χ1v) is 10.9. The average Bonchev–Trinajstić information content (AvgIpc) is 3.16. The van der Waals surface area contributed by atoms with E-state index in [0.29, 0.717) is 31.5 Å². The second-order valence-electron chi connectivity index (χ2n) is 8.05. The molecule has 0 aliphatic heterocycles. The fraction of sp³-hybridized carbons (Fsp3) is 0.231. The molecule has 168 valence electrons. The van der Waals surface area contributed by atoms with Crippen molar-refractivity contribution in [3.05, 3.63) is 112 Å². The summed E-state index contributed by atoms with van der Waals surface area (Å²) in [5, 5.41) is 18.2. The summed E-state index contributed by atoms with van der Waals surface area (Å²) in [6, 6.07) is 19.7. The molecule has 0 aliphatic rings. The highest BCUT2D eigenvalue weighted by atomic mass is 19.1. The molecule has 0 saturated carbocycles. The van der Waals surface area contributed by atoms with Gasteiger partial charge in [0.05, 0.1) is 12.1 Å². The van der Waals surface area contributed by atoms with Crippen LogP contribution in [0.1, 0.15) is 50.9 Å². The van der Waals surface area contributed by atoms with E-state index in [2.05, 4.69) is 31.9 Å². The zero-order chi connectivity index (χ0) is 23.2. The second kappa shape index (κ2) is 10.2. The highest BCUT2D eigenvalue weighted by molar-refractivity contribution is 5.87. The Hall–Kier alpha value is -3.87. The number of carboxylic acid groups (broad SMARTS) is 1. The number of hydrogen-bond acceptors (Lipinski definition) is 4. The van der Waals surface area contributed by atoms with E-state index in [1.807, 2.05) is 18.2 Å². The Morgan fingerprint density at radius 2 is 1.67 bits per heavy atom. The van der Waals surface area contributed by atoms with E-state index in [1.165, 1.54) is 12.1 Å². The number of carbonyl (C=O) groups is 1. The molecule has 2 aromatic heterocycles. The maximum atomic E-state index is 13.4. The molecule has 33 heavy (non-hydrogen) atoms. The van der Waals surface area contributed by atoms with Gasteiger partial charge in [0.1, 0.15) is 17.5 Å². The van der Waals surface area contributed by atoms with Crippen molar-refractivity contribution >= 4 is 5.97 Å². The lowest BCUT2D eigenvalue weighted by molar-refractivity contribution is 0.0696. The molecule has 0 atom stereocenters. The predicted molar refractivity (Wildman–Crippen MR) is 123 cm³/mol. The Labute approximate surface area is 191 Å². The molecule has 4 rings (SSSR count). The quantitative estimate of drug-likeness (QED) is 0.407. The Bertz CT molecular complexity index is 1240. The molecule has 4 aromatic rings. The SMILES string of the molecule is Cc1cc(C(=O)O)cc(CCCc2nnc(Cc3ccccc3)n2Cc2ccc(F)cc2)n1. The molecule has 0 saturated heterocycles. The molecule has 0 radical (unpaired) electrons. The zero-order valence-corrected chi connectivity index (χ0v) is 18.4. The molecule has 1 N–H and O–H groups in total. The Morgan fingerprint density at radius 3 is 2.39 bits per heavy atom. The molecule has 0 unspecified atom stereocenters. The van der Waals surface area contributed by atoms with Crippen molar-refractivity contribution in [3.63, 3.8) is 0 Å². The number of aromatic nitrogens is 4. The molecule has 7 heteroatoms. The van der Waals surface area contributed by atoms with Crippen LogP contribution in [0, 0.1) is 12.7 Å². The maximum absolute atomic E-state index is 13.4. The zero-order valence-electron chi connectivity index (χ0n) is 18.4. The lowest BCUT2D eigenvalue weighted by Crippen LogP contribution is -2.10. The predicted octanol–water partition coefficient (Wildman–Crippen LogP) is 4.63. The molecule has 2 heterocycles. The number of aromatic carboxylic acids is 1. The Balaban J connectivity index is 1.53. The lowest BCUT2D eigenvalue weighted by Gasteiger charge is -2.11. The van der Waals surface area contributed by atoms with Crippen molar-refractivity contribution in [2.45, 2.75) is 39.2 Å². The molecule has 2 aromatic carbocycles. The third-order valence-corrected chi connectivity index (χ3v) is 5.45. The van der Waals surface area contributed by atoms with Gasteiger partial charge in [0.2, 0.25) is 0 Å². The van der Waals surface area contributed by atoms with E-state index < -0.39 is 5.97 Å². The number of hydrogen-bond donors (Lipinski definition) is 1. The van der Waals surface area contributed by atoms with Gasteiger partial charge < -0.3 is 9.67 Å². The molecule has 0 aliphatic carbocycles. The van der Waals surface area contributed by atoms with Gasteiger partial charge in [-0.3, -0.25) is 4.98 Å². The van der Waals surface area contributed by atoms with Crippen LogP contribution in [0.4, 0.5) is 4.39 Å². The normalized spacial score (nSPS) is 11.0. The van der Waals surface area contributed by atoms with Crippen molar-refractivity contribution in [2.75, 3.05) is 0 Å². The molecule has 6 nitrogen and oxygen atoms in total. The van der Waals surface area contributed by atoms with Gasteiger partial charge in [0.15, 0.2) is 0 Å². The van der Waals surface area contributed by atoms with Crippen molar-refractivity contribution in [1.82, 2.24) is 19.7 Å². The third kappa shape index (κ3) is 5.88. The summed E-state index contributed by atoms with van der Waals surface area (Å²) in [7, 11) is 0. The summed E-state index contributed by atoms with van der Waals surface area (Å²) in [5.74, 6) is 0.476. The average molecular weight is 445 g/mol. The second-order valence-corrected chi connectivity index (χ2v) is 8.05. The minimum absolute atomic E-state index is 0.252. The van der Waals surface area contributed by atoms with Crippen LogP contribution in [0.15, 0.2) is 66.7 Å². The van der Waals surface area contributed by atoms with Crippen molar-refractivity contribution in [1.29, 1.82) is 0 Å². The monoisotopic (exact) mass is 444 g/mol. The summed E-state index contributed by atoms with van der Waals surface area (Å²) in [6.07, 6.45) is 2.71. The number of halogens is 1. The minimum atomic E-state index is -0.952. The smallest absolute Gasteiger partial charge is 0.335 e. The van der Waals surface area contributed by atoms with Gasteiger partial charge in [0.25, 0.3) is 0 Å². The maximum Gasteiger partial charge on any atom is 0.335 e. The fourth-order valence-corrected chi connectivity index (χ4v) is 3.84. The molecule has 0 fully saturated rings. The lowest BCUT2D eigenvalue weighted by atomic mass is 10.1. The largest absolute Gasteiger partial charge is 0.478 e. The van der Waals surface area contributed by atoms with Crippen LogP contribution in [0.25, 0.3) is 0 Å². The van der Waals surface area contributed by atoms with Gasteiger partial charge in [-0.1, -0.05) is 42.5 Å². The van der Waals surface area contributed by atoms with Gasteiger partial charge >= 0.3 is 5.97 Å². The summed E-state index contributed by atoms with van der Waals surface area (Å²) >= 11 is 0. The number of nitrogens with zero attached hydrogens (tertiary/aromatic N) is 4. The fourth-order valence-electron chi connectivity index (χ4n) is 3.84. The summed E-state index contributed by atoms with van der Waals surface area (Å²) in [5.41, 5.74) is 3.80. The van der Waals surface area contributed by atoms with Crippen LogP contribution in [-0.4, -0.2) is 30.8 Å². The first-order chi connectivity index (χ1) is 16.0. The van der Waals surface area contributed by atoms with Crippen LogP contribution in [-0.2, 0) is 25.8 Å². The van der Waals surface area contributed by atoms with Crippen LogP contribution in [0.3, 0.4) is 0 Å². The highest BCUT2D eigenvalue weighted by Gasteiger charge is 2.14. The van der Waals surface area contributed by atoms with E-state index >= 15 is 0 Å². The van der Waals surface area contributed by atoms with Crippen LogP contribution in [0.5, 0.6) is 0 Å². The van der Waals surface area contributed by atoms with Gasteiger partial charge in [0, 0.05) is 24.2 Å². The van der Waals surface area contributed by atoms with Crippen molar-refractivity contribution in [3.8, 4) is 0 Å².